The summed E-state index contributed by atoms with van der Waals surface area (Å²) in [6.07, 6.45) is -0.115. The second kappa shape index (κ2) is 5.30. The largest absolute Gasteiger partial charge is 0.401 e. The van der Waals surface area contributed by atoms with Crippen molar-refractivity contribution in [2.24, 2.45) is 0 Å². The Morgan fingerprint density at radius 3 is 2.69 bits per heavy atom. The van der Waals surface area contributed by atoms with Gasteiger partial charge in [-0.25, -0.2) is 0 Å². The van der Waals surface area contributed by atoms with Gasteiger partial charge in [0.05, 0.1) is 6.54 Å². The molecular weight excluding hydrogens is 217 g/mol. The normalized spacial score (nSPS) is 13.8. The lowest BCUT2D eigenvalue weighted by Gasteiger charge is -2.18. The minimum Gasteiger partial charge on any atom is -0.302 e. The van der Waals surface area contributed by atoms with Gasteiger partial charge in [-0.15, -0.1) is 0 Å². The average molecular weight is 232 g/mol. The number of hydrogen-bond acceptors (Lipinski definition) is 2. The van der Waals surface area contributed by atoms with Crippen molar-refractivity contribution in [2.75, 3.05) is 6.54 Å². The zero-order valence-electron chi connectivity index (χ0n) is 9.30. The molecule has 0 aromatic carbocycles. The summed E-state index contributed by atoms with van der Waals surface area (Å²) in [5.74, 6) is 0. The van der Waals surface area contributed by atoms with Crippen LogP contribution in [-0.4, -0.2) is 17.7 Å². The van der Waals surface area contributed by atoms with E-state index in [1.165, 1.54) is 0 Å². The lowest BCUT2D eigenvalue weighted by molar-refractivity contribution is -0.126. The van der Waals surface area contributed by atoms with Crippen LogP contribution in [0.4, 0.5) is 13.2 Å². The Kier molecular flexibility index (Phi) is 4.29. The second-order valence-electron chi connectivity index (χ2n) is 3.65. The van der Waals surface area contributed by atoms with Gasteiger partial charge < -0.3 is 5.32 Å². The van der Waals surface area contributed by atoms with Crippen LogP contribution in [0.5, 0.6) is 0 Å². The van der Waals surface area contributed by atoms with Gasteiger partial charge in [0.25, 0.3) is 0 Å². The number of hydrogen-bond donors (Lipinski definition) is 1. The maximum Gasteiger partial charge on any atom is 0.401 e. The zero-order chi connectivity index (χ0) is 12.2. The highest BCUT2D eigenvalue weighted by Crippen LogP contribution is 2.19. The third-order valence-electron chi connectivity index (χ3n) is 2.40. The number of aromatic nitrogens is 1. The molecule has 0 radical (unpaired) electrons. The van der Waals surface area contributed by atoms with E-state index in [0.29, 0.717) is 0 Å². The van der Waals surface area contributed by atoms with Gasteiger partial charge >= 0.3 is 6.18 Å². The SMILES string of the molecule is CCc1cnccc1C(C)NCC(F)(F)F. The molecule has 0 saturated carbocycles. The third-order valence-corrected chi connectivity index (χ3v) is 2.40. The van der Waals surface area contributed by atoms with E-state index in [4.69, 9.17) is 0 Å². The van der Waals surface area contributed by atoms with Crippen LogP contribution in [0.3, 0.4) is 0 Å². The van der Waals surface area contributed by atoms with E-state index in [9.17, 15) is 13.2 Å². The fourth-order valence-electron chi connectivity index (χ4n) is 1.53. The van der Waals surface area contributed by atoms with E-state index in [2.05, 4.69) is 10.3 Å². The Morgan fingerprint density at radius 2 is 2.12 bits per heavy atom. The zero-order valence-corrected chi connectivity index (χ0v) is 9.30. The highest BCUT2D eigenvalue weighted by Gasteiger charge is 2.27. The fourth-order valence-corrected chi connectivity index (χ4v) is 1.53. The van der Waals surface area contributed by atoms with Crippen LogP contribution in [-0.2, 0) is 6.42 Å². The van der Waals surface area contributed by atoms with E-state index in [0.717, 1.165) is 17.5 Å². The van der Waals surface area contributed by atoms with Gasteiger partial charge in [0.1, 0.15) is 0 Å². The summed E-state index contributed by atoms with van der Waals surface area (Å²) >= 11 is 0. The molecule has 1 aromatic heterocycles. The summed E-state index contributed by atoms with van der Waals surface area (Å²) in [5, 5.41) is 2.46. The van der Waals surface area contributed by atoms with E-state index in [1.54, 1.807) is 25.4 Å². The maximum absolute atomic E-state index is 12.0. The summed E-state index contributed by atoms with van der Waals surface area (Å²) in [6, 6.07) is 1.44. The first kappa shape index (κ1) is 13.0. The molecule has 1 rings (SSSR count). The summed E-state index contributed by atoms with van der Waals surface area (Å²) in [5.41, 5.74) is 1.85. The topological polar surface area (TPSA) is 24.9 Å². The Labute approximate surface area is 92.9 Å². The number of halogens is 3. The summed E-state index contributed by atoms with van der Waals surface area (Å²) < 4.78 is 36.1. The quantitative estimate of drug-likeness (QED) is 0.863. The highest BCUT2D eigenvalue weighted by molar-refractivity contribution is 5.26. The molecule has 90 valence electrons. The van der Waals surface area contributed by atoms with Crippen molar-refractivity contribution in [3.8, 4) is 0 Å². The van der Waals surface area contributed by atoms with Crippen molar-refractivity contribution in [3.63, 3.8) is 0 Å². The summed E-state index contributed by atoms with van der Waals surface area (Å²) in [6.45, 7) is 2.71. The van der Waals surface area contributed by atoms with Gasteiger partial charge in [0.2, 0.25) is 0 Å². The van der Waals surface area contributed by atoms with Crippen LogP contribution >= 0.6 is 0 Å². The Balaban J connectivity index is 2.69. The first-order valence-electron chi connectivity index (χ1n) is 5.17. The van der Waals surface area contributed by atoms with Crippen LogP contribution in [0.25, 0.3) is 0 Å². The smallest absolute Gasteiger partial charge is 0.302 e. The first-order chi connectivity index (χ1) is 7.44. The van der Waals surface area contributed by atoms with Gasteiger partial charge in [0.15, 0.2) is 0 Å². The molecule has 1 unspecified atom stereocenters. The van der Waals surface area contributed by atoms with Crippen LogP contribution < -0.4 is 5.32 Å². The molecule has 0 aliphatic carbocycles. The summed E-state index contributed by atoms with van der Waals surface area (Å²) in [7, 11) is 0. The Morgan fingerprint density at radius 1 is 1.44 bits per heavy atom. The van der Waals surface area contributed by atoms with Crippen molar-refractivity contribution in [3.05, 3.63) is 29.6 Å². The van der Waals surface area contributed by atoms with Crippen molar-refractivity contribution < 1.29 is 13.2 Å². The predicted molar refractivity (Wildman–Crippen MR) is 56.1 cm³/mol. The van der Waals surface area contributed by atoms with Gasteiger partial charge in [-0.05, 0) is 30.5 Å². The standard InChI is InChI=1S/C11H15F3N2/c1-3-9-6-15-5-4-10(9)8(2)16-7-11(12,13)14/h4-6,8,16H,3,7H2,1-2H3. The number of pyridine rings is 1. The predicted octanol–water partition coefficient (Wildman–Crippen LogP) is 2.86. The number of nitrogens with zero attached hydrogens (tertiary/aromatic N) is 1. The molecule has 0 bridgehead atoms. The molecule has 1 heterocycles. The van der Waals surface area contributed by atoms with Crippen molar-refractivity contribution >= 4 is 0 Å². The fraction of sp³-hybridized carbons (Fsp3) is 0.545. The maximum atomic E-state index is 12.0. The Bertz CT molecular complexity index is 336. The molecule has 5 heteroatoms. The molecule has 2 nitrogen and oxygen atoms in total. The van der Waals surface area contributed by atoms with E-state index in [1.807, 2.05) is 6.92 Å². The minimum absolute atomic E-state index is 0.320. The second-order valence-corrected chi connectivity index (χ2v) is 3.65. The van der Waals surface area contributed by atoms with Crippen LogP contribution in [0.2, 0.25) is 0 Å². The average Bonchev–Trinajstić information content (AvgIpc) is 2.25. The molecule has 0 fully saturated rings. The van der Waals surface area contributed by atoms with Gasteiger partial charge in [-0.3, -0.25) is 4.98 Å². The number of aryl methyl sites for hydroxylation is 1. The lowest BCUT2D eigenvalue weighted by atomic mass is 10.0. The van der Waals surface area contributed by atoms with Crippen LogP contribution in [0, 0.1) is 0 Å². The van der Waals surface area contributed by atoms with Crippen LogP contribution in [0.15, 0.2) is 18.5 Å². The van der Waals surface area contributed by atoms with Gasteiger partial charge in [-0.2, -0.15) is 13.2 Å². The molecule has 0 aliphatic heterocycles. The van der Waals surface area contributed by atoms with Crippen molar-refractivity contribution in [1.29, 1.82) is 0 Å². The first-order valence-corrected chi connectivity index (χ1v) is 5.17. The monoisotopic (exact) mass is 232 g/mol. The van der Waals surface area contributed by atoms with Gasteiger partial charge in [0, 0.05) is 18.4 Å². The summed E-state index contributed by atoms with van der Waals surface area (Å²) in [4.78, 5) is 3.96. The molecule has 16 heavy (non-hydrogen) atoms. The molecule has 0 spiro atoms. The molecule has 0 aliphatic rings. The molecule has 0 amide bonds. The lowest BCUT2D eigenvalue weighted by Crippen LogP contribution is -2.31. The van der Waals surface area contributed by atoms with Crippen molar-refractivity contribution in [2.45, 2.75) is 32.5 Å². The molecule has 0 saturated heterocycles. The minimum atomic E-state index is -4.17. The number of rotatable bonds is 4. The Hall–Kier alpha value is -1.10. The van der Waals surface area contributed by atoms with E-state index >= 15 is 0 Å². The molecule has 1 aromatic rings. The van der Waals surface area contributed by atoms with Crippen LogP contribution in [0.1, 0.15) is 31.0 Å². The third kappa shape index (κ3) is 3.81. The number of alkyl halides is 3. The number of nitrogens with one attached hydrogen (secondary N) is 1. The molecular formula is C11H15F3N2. The van der Waals surface area contributed by atoms with Gasteiger partial charge in [-0.1, -0.05) is 6.92 Å². The molecule has 1 N–H and O–H groups in total. The van der Waals surface area contributed by atoms with Crippen molar-refractivity contribution in [1.82, 2.24) is 10.3 Å². The van der Waals surface area contributed by atoms with E-state index in [-0.39, 0.29) is 6.04 Å². The van der Waals surface area contributed by atoms with E-state index < -0.39 is 12.7 Å². The molecule has 1 atom stereocenters. The highest BCUT2D eigenvalue weighted by atomic mass is 19.4.